The summed E-state index contributed by atoms with van der Waals surface area (Å²) >= 11 is 0. The maximum atomic E-state index is 11.8. The summed E-state index contributed by atoms with van der Waals surface area (Å²) in [5.41, 5.74) is 0.0404. The van der Waals surface area contributed by atoms with Crippen LogP contribution in [-0.4, -0.2) is 25.0 Å². The molecule has 0 aromatic carbocycles. The molecule has 17 heavy (non-hydrogen) atoms. The van der Waals surface area contributed by atoms with Gasteiger partial charge in [0.1, 0.15) is 0 Å². The number of rotatable bonds is 5. The highest BCUT2D eigenvalue weighted by Crippen LogP contribution is 2.30. The molecular formula is C14H24N2O. The van der Waals surface area contributed by atoms with Crippen LogP contribution in [0.25, 0.3) is 0 Å². The fraction of sp³-hybridized carbons (Fsp3) is 0.786. The summed E-state index contributed by atoms with van der Waals surface area (Å²) in [6.07, 6.45) is 7.34. The predicted molar refractivity (Wildman–Crippen MR) is 70.6 cm³/mol. The summed E-state index contributed by atoms with van der Waals surface area (Å²) in [6.45, 7) is 2.49. The maximum absolute atomic E-state index is 11.8. The minimum Gasteiger partial charge on any atom is -0.355 e. The zero-order valence-corrected chi connectivity index (χ0v) is 11.1. The Labute approximate surface area is 105 Å². The molecule has 1 saturated carbocycles. The van der Waals surface area contributed by atoms with Gasteiger partial charge in [0.05, 0.1) is 0 Å². The quantitative estimate of drug-likeness (QED) is 0.565. The van der Waals surface area contributed by atoms with Gasteiger partial charge in [-0.1, -0.05) is 19.3 Å². The molecule has 0 aliphatic heterocycles. The highest BCUT2D eigenvalue weighted by Gasteiger charge is 2.32. The molecule has 0 aromatic heterocycles. The Morgan fingerprint density at radius 1 is 1.29 bits per heavy atom. The van der Waals surface area contributed by atoms with Gasteiger partial charge in [-0.3, -0.25) is 4.79 Å². The Morgan fingerprint density at radius 3 is 2.59 bits per heavy atom. The van der Waals surface area contributed by atoms with Crippen molar-refractivity contribution >= 4 is 5.91 Å². The molecule has 1 rings (SSSR count). The van der Waals surface area contributed by atoms with Crippen LogP contribution < -0.4 is 10.6 Å². The van der Waals surface area contributed by atoms with Crippen molar-refractivity contribution in [1.82, 2.24) is 10.6 Å². The largest absolute Gasteiger partial charge is 0.355 e. The summed E-state index contributed by atoms with van der Waals surface area (Å²) in [5.74, 6) is 5.93. The van der Waals surface area contributed by atoms with Gasteiger partial charge >= 0.3 is 0 Å². The lowest BCUT2D eigenvalue weighted by molar-refractivity contribution is -0.122. The molecule has 0 bridgehead atoms. The molecule has 0 heterocycles. The Morgan fingerprint density at radius 2 is 2.00 bits per heavy atom. The van der Waals surface area contributed by atoms with E-state index in [9.17, 15) is 4.79 Å². The molecule has 3 heteroatoms. The summed E-state index contributed by atoms with van der Waals surface area (Å²) in [7, 11) is 1.97. The second kappa shape index (κ2) is 7.34. The zero-order chi connectivity index (χ0) is 12.6. The van der Waals surface area contributed by atoms with Crippen LogP contribution in [0.4, 0.5) is 0 Å². The molecule has 2 N–H and O–H groups in total. The third kappa shape index (κ3) is 4.79. The molecule has 0 saturated heterocycles. The number of hydrogen-bond acceptors (Lipinski definition) is 2. The Balaban J connectivity index is 2.33. The van der Waals surface area contributed by atoms with Gasteiger partial charge in [-0.15, -0.1) is 11.8 Å². The lowest BCUT2D eigenvalue weighted by atomic mass is 9.79. The molecule has 96 valence electrons. The Kier molecular flexibility index (Phi) is 6.07. The van der Waals surface area contributed by atoms with Gasteiger partial charge in [0.15, 0.2) is 0 Å². The van der Waals surface area contributed by atoms with Gasteiger partial charge in [-0.2, -0.15) is 0 Å². The van der Waals surface area contributed by atoms with Crippen LogP contribution in [0.5, 0.6) is 0 Å². The summed E-state index contributed by atoms with van der Waals surface area (Å²) in [6, 6.07) is 0. The molecule has 0 aromatic rings. The van der Waals surface area contributed by atoms with Crippen molar-refractivity contribution in [3.63, 3.8) is 0 Å². The van der Waals surface area contributed by atoms with Gasteiger partial charge < -0.3 is 10.6 Å². The molecule has 0 spiro atoms. The van der Waals surface area contributed by atoms with Crippen LogP contribution in [0.15, 0.2) is 0 Å². The first-order chi connectivity index (χ1) is 8.22. The number of amides is 1. The van der Waals surface area contributed by atoms with Crippen molar-refractivity contribution in [2.45, 2.75) is 57.4 Å². The molecule has 0 unspecified atom stereocenters. The van der Waals surface area contributed by atoms with E-state index in [0.29, 0.717) is 13.0 Å². The standard InChI is InChI=1S/C14H24N2O/c1-3-4-8-11-16-13(17)12-14(15-2)9-6-5-7-10-14/h15H,5-12H2,1-2H3,(H,16,17). The SMILES string of the molecule is CC#CCCNC(=O)CC1(NC)CCCCC1. The number of hydrogen-bond donors (Lipinski definition) is 2. The number of carbonyl (C=O) groups is 1. The normalized spacial score (nSPS) is 18.0. The third-order valence-corrected chi connectivity index (χ3v) is 3.59. The maximum Gasteiger partial charge on any atom is 0.221 e. The van der Waals surface area contributed by atoms with E-state index in [1.807, 2.05) is 14.0 Å². The highest BCUT2D eigenvalue weighted by atomic mass is 16.1. The van der Waals surface area contributed by atoms with Crippen molar-refractivity contribution in [2.24, 2.45) is 0 Å². The van der Waals surface area contributed by atoms with E-state index in [-0.39, 0.29) is 11.4 Å². The molecule has 1 amide bonds. The van der Waals surface area contributed by atoms with Crippen molar-refractivity contribution in [3.05, 3.63) is 0 Å². The van der Waals surface area contributed by atoms with E-state index in [1.54, 1.807) is 0 Å². The fourth-order valence-electron chi connectivity index (χ4n) is 2.50. The van der Waals surface area contributed by atoms with E-state index >= 15 is 0 Å². The van der Waals surface area contributed by atoms with Crippen LogP contribution in [0, 0.1) is 11.8 Å². The lowest BCUT2D eigenvalue weighted by Crippen LogP contribution is -2.48. The molecule has 0 atom stereocenters. The molecule has 0 radical (unpaired) electrons. The predicted octanol–water partition coefficient (Wildman–Crippen LogP) is 1.83. The third-order valence-electron chi connectivity index (χ3n) is 3.59. The van der Waals surface area contributed by atoms with Gasteiger partial charge in [-0.05, 0) is 26.8 Å². The molecule has 1 aliphatic rings. The molecule has 3 nitrogen and oxygen atoms in total. The van der Waals surface area contributed by atoms with E-state index in [2.05, 4.69) is 22.5 Å². The lowest BCUT2D eigenvalue weighted by Gasteiger charge is -2.36. The Hall–Kier alpha value is -1.01. The second-order valence-electron chi connectivity index (χ2n) is 4.79. The molecular weight excluding hydrogens is 212 g/mol. The second-order valence-corrected chi connectivity index (χ2v) is 4.79. The van der Waals surface area contributed by atoms with Gasteiger partial charge in [0.2, 0.25) is 5.91 Å². The average Bonchev–Trinajstić information content (AvgIpc) is 2.36. The van der Waals surface area contributed by atoms with Crippen LogP contribution in [-0.2, 0) is 4.79 Å². The van der Waals surface area contributed by atoms with E-state index in [4.69, 9.17) is 0 Å². The van der Waals surface area contributed by atoms with Crippen LogP contribution >= 0.6 is 0 Å². The summed E-state index contributed by atoms with van der Waals surface area (Å²) < 4.78 is 0. The minimum absolute atomic E-state index is 0.0404. The average molecular weight is 236 g/mol. The van der Waals surface area contributed by atoms with Crippen molar-refractivity contribution in [1.29, 1.82) is 0 Å². The van der Waals surface area contributed by atoms with E-state index < -0.39 is 0 Å². The van der Waals surface area contributed by atoms with Crippen LogP contribution in [0.3, 0.4) is 0 Å². The van der Waals surface area contributed by atoms with E-state index in [0.717, 1.165) is 19.3 Å². The molecule has 1 aliphatic carbocycles. The smallest absolute Gasteiger partial charge is 0.221 e. The summed E-state index contributed by atoms with van der Waals surface area (Å²) in [4.78, 5) is 11.8. The Bertz CT molecular complexity index is 295. The monoisotopic (exact) mass is 236 g/mol. The highest BCUT2D eigenvalue weighted by molar-refractivity contribution is 5.77. The van der Waals surface area contributed by atoms with Gasteiger partial charge in [-0.25, -0.2) is 0 Å². The number of carbonyl (C=O) groups excluding carboxylic acids is 1. The first-order valence-electron chi connectivity index (χ1n) is 6.58. The van der Waals surface area contributed by atoms with Crippen LogP contribution in [0.1, 0.15) is 51.9 Å². The van der Waals surface area contributed by atoms with Gasteiger partial charge in [0, 0.05) is 24.9 Å². The molecule has 1 fully saturated rings. The first-order valence-corrected chi connectivity index (χ1v) is 6.58. The van der Waals surface area contributed by atoms with Crippen molar-refractivity contribution in [3.8, 4) is 11.8 Å². The van der Waals surface area contributed by atoms with E-state index in [1.165, 1.54) is 19.3 Å². The van der Waals surface area contributed by atoms with Crippen LogP contribution in [0.2, 0.25) is 0 Å². The zero-order valence-electron chi connectivity index (χ0n) is 11.1. The van der Waals surface area contributed by atoms with Gasteiger partial charge in [0.25, 0.3) is 0 Å². The minimum atomic E-state index is 0.0404. The summed E-state index contributed by atoms with van der Waals surface area (Å²) in [5, 5.41) is 6.30. The van der Waals surface area contributed by atoms with Crippen molar-refractivity contribution in [2.75, 3.05) is 13.6 Å². The number of nitrogens with one attached hydrogen (secondary N) is 2. The topological polar surface area (TPSA) is 41.1 Å². The fourth-order valence-corrected chi connectivity index (χ4v) is 2.50. The van der Waals surface area contributed by atoms with Crippen molar-refractivity contribution < 1.29 is 4.79 Å². The first kappa shape index (κ1) is 14.1.